The van der Waals surface area contributed by atoms with Crippen LogP contribution in [0.3, 0.4) is 0 Å². The van der Waals surface area contributed by atoms with E-state index in [0.29, 0.717) is 5.75 Å². The summed E-state index contributed by atoms with van der Waals surface area (Å²) in [4.78, 5) is 47.7. The molecule has 1 aromatic rings. The molecular weight excluding hydrogens is 488 g/mol. The smallest absolute Gasteiger partial charge is 0.306 e. The first-order valence-electron chi connectivity index (χ1n) is 11.8. The van der Waals surface area contributed by atoms with Crippen molar-refractivity contribution in [3.8, 4) is 5.75 Å². The van der Waals surface area contributed by atoms with E-state index in [1.165, 1.54) is 26.8 Å². The van der Waals surface area contributed by atoms with Gasteiger partial charge in [-0.25, -0.2) is 0 Å². The number of hydrogen-bond acceptors (Lipinski definition) is 11. The molecule has 0 aliphatic carbocycles. The van der Waals surface area contributed by atoms with Crippen LogP contribution in [0.5, 0.6) is 5.75 Å². The van der Waals surface area contributed by atoms with Crippen molar-refractivity contribution in [1.82, 2.24) is 0 Å². The summed E-state index contributed by atoms with van der Waals surface area (Å²) in [6.45, 7) is 7.44. The van der Waals surface area contributed by atoms with Gasteiger partial charge in [-0.2, -0.15) is 0 Å². The van der Waals surface area contributed by atoms with E-state index in [-0.39, 0.29) is 38.4 Å². The van der Waals surface area contributed by atoms with Crippen molar-refractivity contribution in [3.63, 3.8) is 0 Å². The molecule has 11 heteroatoms. The monoisotopic (exact) mass is 522 g/mol. The van der Waals surface area contributed by atoms with Crippen molar-refractivity contribution >= 4 is 23.7 Å². The Morgan fingerprint density at radius 3 is 2.14 bits per heavy atom. The molecule has 0 saturated carbocycles. The Morgan fingerprint density at radius 2 is 1.57 bits per heavy atom. The van der Waals surface area contributed by atoms with Gasteiger partial charge in [0.15, 0.2) is 24.6 Å². The van der Waals surface area contributed by atoms with E-state index in [4.69, 9.17) is 33.2 Å². The van der Waals surface area contributed by atoms with Crippen LogP contribution in [0.15, 0.2) is 36.9 Å². The SMILES string of the molecule is C=CCO[C@@H]1O[C@H](COCc2ccc(OC)cc2)[C@@H](OC(=O)CCC(C)=O)[C@H](OC(C)=O)[C@H]1OC(C)=O. The maximum absolute atomic E-state index is 12.6. The first kappa shape index (κ1) is 29.9. The minimum Gasteiger partial charge on any atom is -0.497 e. The lowest BCUT2D eigenvalue weighted by molar-refractivity contribution is -0.307. The van der Waals surface area contributed by atoms with E-state index in [1.54, 1.807) is 19.2 Å². The van der Waals surface area contributed by atoms with Crippen LogP contribution in [-0.2, 0) is 54.2 Å². The fraction of sp³-hybridized carbons (Fsp3) is 0.538. The van der Waals surface area contributed by atoms with E-state index < -0.39 is 48.6 Å². The van der Waals surface area contributed by atoms with Crippen LogP contribution in [0.2, 0.25) is 0 Å². The fourth-order valence-electron chi connectivity index (χ4n) is 3.60. The summed E-state index contributed by atoms with van der Waals surface area (Å²) in [5.41, 5.74) is 0.848. The molecule has 0 radical (unpaired) electrons. The van der Waals surface area contributed by atoms with Gasteiger partial charge in [-0.1, -0.05) is 18.2 Å². The van der Waals surface area contributed by atoms with Crippen LogP contribution in [0.1, 0.15) is 39.2 Å². The quantitative estimate of drug-likeness (QED) is 0.202. The van der Waals surface area contributed by atoms with Crippen LogP contribution in [0, 0.1) is 0 Å². The first-order chi connectivity index (χ1) is 17.6. The molecule has 1 aliphatic heterocycles. The molecule has 1 saturated heterocycles. The highest BCUT2D eigenvalue weighted by Crippen LogP contribution is 2.30. The van der Waals surface area contributed by atoms with Crippen LogP contribution in [-0.4, -0.2) is 74.7 Å². The number of hydrogen-bond donors (Lipinski definition) is 0. The van der Waals surface area contributed by atoms with Gasteiger partial charge in [0.25, 0.3) is 0 Å². The number of carbonyl (C=O) groups is 4. The van der Waals surface area contributed by atoms with Gasteiger partial charge in [0.1, 0.15) is 17.6 Å². The Bertz CT molecular complexity index is 927. The normalized spacial score (nSPS) is 23.0. The minimum atomic E-state index is -1.26. The second kappa shape index (κ2) is 15.1. The summed E-state index contributed by atoms with van der Waals surface area (Å²) in [5, 5.41) is 0. The summed E-state index contributed by atoms with van der Waals surface area (Å²) < 4.78 is 39.1. The first-order valence-corrected chi connectivity index (χ1v) is 11.8. The number of esters is 3. The van der Waals surface area contributed by atoms with Gasteiger partial charge in [0.05, 0.1) is 33.4 Å². The molecule has 0 aromatic heterocycles. The molecule has 1 aromatic carbocycles. The van der Waals surface area contributed by atoms with E-state index >= 15 is 0 Å². The van der Waals surface area contributed by atoms with Crippen molar-refractivity contribution in [1.29, 1.82) is 0 Å². The van der Waals surface area contributed by atoms with E-state index in [1.807, 2.05) is 12.1 Å². The second-order valence-corrected chi connectivity index (χ2v) is 8.33. The van der Waals surface area contributed by atoms with Gasteiger partial charge in [-0.05, 0) is 24.6 Å². The van der Waals surface area contributed by atoms with Gasteiger partial charge < -0.3 is 38.0 Å². The Labute approximate surface area is 215 Å². The molecule has 0 amide bonds. The number of Topliss-reactive ketones (excluding diaryl/α,β-unsaturated/α-hetero) is 1. The van der Waals surface area contributed by atoms with Gasteiger partial charge >= 0.3 is 17.9 Å². The molecule has 0 bridgehead atoms. The lowest BCUT2D eigenvalue weighted by Crippen LogP contribution is -2.63. The Kier molecular flexibility index (Phi) is 12.2. The molecule has 0 unspecified atom stereocenters. The maximum atomic E-state index is 12.6. The van der Waals surface area contributed by atoms with Crippen molar-refractivity contribution in [2.24, 2.45) is 0 Å². The van der Waals surface area contributed by atoms with Crippen LogP contribution in [0.4, 0.5) is 0 Å². The van der Waals surface area contributed by atoms with Gasteiger partial charge in [0, 0.05) is 20.3 Å². The molecule has 1 heterocycles. The van der Waals surface area contributed by atoms with Crippen molar-refractivity contribution in [2.45, 2.75) is 70.9 Å². The number of ketones is 1. The third kappa shape index (κ3) is 9.95. The zero-order valence-corrected chi connectivity index (χ0v) is 21.5. The van der Waals surface area contributed by atoms with E-state index in [9.17, 15) is 19.2 Å². The average molecular weight is 523 g/mol. The third-order valence-corrected chi connectivity index (χ3v) is 5.23. The van der Waals surface area contributed by atoms with Gasteiger partial charge in [-0.3, -0.25) is 14.4 Å². The van der Waals surface area contributed by atoms with Crippen molar-refractivity contribution in [2.75, 3.05) is 20.3 Å². The molecule has 0 spiro atoms. The molecule has 37 heavy (non-hydrogen) atoms. The highest BCUT2D eigenvalue weighted by atomic mass is 16.7. The average Bonchev–Trinajstić information content (AvgIpc) is 2.84. The van der Waals surface area contributed by atoms with Crippen LogP contribution >= 0.6 is 0 Å². The number of methoxy groups -OCH3 is 1. The highest BCUT2D eigenvalue weighted by molar-refractivity contribution is 5.81. The van der Waals surface area contributed by atoms with E-state index in [0.717, 1.165) is 5.56 Å². The van der Waals surface area contributed by atoms with Crippen molar-refractivity contribution in [3.05, 3.63) is 42.5 Å². The highest BCUT2D eigenvalue weighted by Gasteiger charge is 2.52. The minimum absolute atomic E-state index is 0.0261. The number of ether oxygens (including phenoxy) is 7. The Morgan fingerprint density at radius 1 is 0.919 bits per heavy atom. The van der Waals surface area contributed by atoms with Crippen LogP contribution < -0.4 is 4.74 Å². The zero-order chi connectivity index (χ0) is 27.4. The van der Waals surface area contributed by atoms with Crippen LogP contribution in [0.25, 0.3) is 0 Å². The Hall–Kier alpha value is -3.28. The third-order valence-electron chi connectivity index (χ3n) is 5.23. The molecule has 5 atom stereocenters. The molecule has 0 N–H and O–H groups in total. The topological polar surface area (TPSA) is 133 Å². The fourth-order valence-corrected chi connectivity index (χ4v) is 3.60. The predicted molar refractivity (Wildman–Crippen MR) is 128 cm³/mol. The molecular formula is C26H34O11. The number of benzene rings is 1. The Balaban J connectivity index is 2.29. The van der Waals surface area contributed by atoms with Gasteiger partial charge in [-0.15, -0.1) is 6.58 Å². The molecule has 1 fully saturated rings. The molecule has 1 aliphatic rings. The number of carbonyl (C=O) groups excluding carboxylic acids is 4. The zero-order valence-electron chi connectivity index (χ0n) is 21.5. The molecule has 204 valence electrons. The lowest BCUT2D eigenvalue weighted by Gasteiger charge is -2.44. The van der Waals surface area contributed by atoms with E-state index in [2.05, 4.69) is 6.58 Å². The lowest BCUT2D eigenvalue weighted by atomic mass is 9.98. The summed E-state index contributed by atoms with van der Waals surface area (Å²) in [6, 6.07) is 7.23. The molecule has 2 rings (SSSR count). The maximum Gasteiger partial charge on any atom is 0.306 e. The summed E-state index contributed by atoms with van der Waals surface area (Å²) in [6.07, 6.45) is -4.61. The summed E-state index contributed by atoms with van der Waals surface area (Å²) in [7, 11) is 1.57. The predicted octanol–water partition coefficient (Wildman–Crippen LogP) is 2.28. The van der Waals surface area contributed by atoms with Crippen molar-refractivity contribution < 1.29 is 52.3 Å². The van der Waals surface area contributed by atoms with Gasteiger partial charge in [0.2, 0.25) is 0 Å². The summed E-state index contributed by atoms with van der Waals surface area (Å²) >= 11 is 0. The largest absolute Gasteiger partial charge is 0.497 e. The summed E-state index contributed by atoms with van der Waals surface area (Å²) in [5.74, 6) is -1.60. The molecule has 11 nitrogen and oxygen atoms in total. The second-order valence-electron chi connectivity index (χ2n) is 8.33. The number of rotatable bonds is 14. The standard InChI is InChI=1S/C26H34O11/c1-6-13-33-26-25(35-18(4)29)24(34-17(3)28)23(37-22(30)12-7-16(2)27)21(36-26)15-32-14-19-8-10-20(31-5)11-9-19/h6,8-11,21,23-26H,1,7,12-15H2,2-5H3/t21-,23-,24+,25-,26-/m1/s1.